The summed E-state index contributed by atoms with van der Waals surface area (Å²) in [6.07, 6.45) is 2.59. The zero-order valence-electron chi connectivity index (χ0n) is 12.6. The molecule has 0 radical (unpaired) electrons. The van der Waals surface area contributed by atoms with Gasteiger partial charge in [0.1, 0.15) is 5.75 Å². The van der Waals surface area contributed by atoms with E-state index >= 15 is 0 Å². The second kappa shape index (κ2) is 4.47. The summed E-state index contributed by atoms with van der Waals surface area (Å²) < 4.78 is 10.8. The van der Waals surface area contributed by atoms with Crippen molar-refractivity contribution in [1.82, 2.24) is 4.90 Å². The lowest BCUT2D eigenvalue weighted by molar-refractivity contribution is -0.161. The average Bonchev–Trinajstić information content (AvgIpc) is 2.50. The van der Waals surface area contributed by atoms with Crippen LogP contribution in [0.2, 0.25) is 0 Å². The fraction of sp³-hybridized carbons (Fsp3) is 0.588. The fourth-order valence-electron chi connectivity index (χ4n) is 4.66. The average molecular weight is 287 g/mol. The monoisotopic (exact) mass is 287 g/mol. The zero-order valence-corrected chi connectivity index (χ0v) is 12.6. The highest BCUT2D eigenvalue weighted by molar-refractivity contribution is 5.73. The Morgan fingerprint density at radius 2 is 2.29 bits per heavy atom. The van der Waals surface area contributed by atoms with Gasteiger partial charge in [-0.15, -0.1) is 0 Å². The summed E-state index contributed by atoms with van der Waals surface area (Å²) in [6.45, 7) is 1.61. The van der Waals surface area contributed by atoms with E-state index in [2.05, 4.69) is 24.1 Å². The van der Waals surface area contributed by atoms with Crippen molar-refractivity contribution in [3.63, 3.8) is 0 Å². The molecule has 0 N–H and O–H groups in total. The predicted molar refractivity (Wildman–Crippen MR) is 78.5 cm³/mol. The first-order valence-corrected chi connectivity index (χ1v) is 7.67. The Bertz CT molecular complexity index is 600. The second-order valence-corrected chi connectivity index (χ2v) is 6.65. The number of carbonyl (C=O) groups excluding carboxylic acids is 1. The second-order valence-electron chi connectivity index (χ2n) is 6.65. The van der Waals surface area contributed by atoms with Crippen LogP contribution >= 0.6 is 0 Å². The Balaban J connectivity index is 1.90. The molecule has 0 aromatic heterocycles. The van der Waals surface area contributed by atoms with Crippen molar-refractivity contribution in [2.75, 3.05) is 27.3 Å². The lowest BCUT2D eigenvalue weighted by Gasteiger charge is -2.57. The molecule has 4 heteroatoms. The molecule has 2 saturated heterocycles. The van der Waals surface area contributed by atoms with Gasteiger partial charge in [-0.1, -0.05) is 6.07 Å². The molecule has 3 aliphatic rings. The molecule has 1 aliphatic carbocycles. The maximum Gasteiger partial charge on any atom is 0.306 e. The summed E-state index contributed by atoms with van der Waals surface area (Å²) >= 11 is 0. The number of esters is 1. The molecule has 2 heterocycles. The molecule has 4 nitrogen and oxygen atoms in total. The maximum absolute atomic E-state index is 12.0. The summed E-state index contributed by atoms with van der Waals surface area (Å²) in [4.78, 5) is 14.4. The number of rotatable bonds is 1. The van der Waals surface area contributed by atoms with Crippen molar-refractivity contribution in [2.45, 2.75) is 30.7 Å². The highest BCUT2D eigenvalue weighted by Crippen LogP contribution is 2.53. The molecule has 1 aromatic carbocycles. The molecule has 3 atom stereocenters. The van der Waals surface area contributed by atoms with Crippen LogP contribution in [0.5, 0.6) is 5.75 Å². The molecule has 112 valence electrons. The SMILES string of the molecule is COc1ccc2c(c1)C13CCN(C)[C@H](C2)[C@@H]1COC(=O)C3. The van der Waals surface area contributed by atoms with Gasteiger partial charge in [-0.2, -0.15) is 0 Å². The zero-order chi connectivity index (χ0) is 14.6. The van der Waals surface area contributed by atoms with E-state index in [0.29, 0.717) is 25.0 Å². The molecular formula is C17H21NO3. The lowest BCUT2D eigenvalue weighted by Crippen LogP contribution is -2.62. The van der Waals surface area contributed by atoms with Crippen LogP contribution in [-0.4, -0.2) is 44.2 Å². The molecule has 2 aliphatic heterocycles. The van der Waals surface area contributed by atoms with E-state index < -0.39 is 0 Å². The van der Waals surface area contributed by atoms with Gasteiger partial charge in [0.2, 0.25) is 0 Å². The number of hydrogen-bond acceptors (Lipinski definition) is 4. The van der Waals surface area contributed by atoms with Gasteiger partial charge in [0.05, 0.1) is 20.1 Å². The minimum Gasteiger partial charge on any atom is -0.497 e. The van der Waals surface area contributed by atoms with E-state index in [9.17, 15) is 4.79 Å². The number of methoxy groups -OCH3 is 1. The van der Waals surface area contributed by atoms with Gasteiger partial charge in [-0.25, -0.2) is 0 Å². The number of ether oxygens (including phenoxy) is 2. The van der Waals surface area contributed by atoms with Gasteiger partial charge < -0.3 is 14.4 Å². The topological polar surface area (TPSA) is 38.8 Å². The van der Waals surface area contributed by atoms with Gasteiger partial charge in [0, 0.05) is 17.4 Å². The first-order valence-electron chi connectivity index (χ1n) is 7.67. The van der Waals surface area contributed by atoms with Gasteiger partial charge in [0.15, 0.2) is 0 Å². The van der Waals surface area contributed by atoms with Crippen molar-refractivity contribution in [3.05, 3.63) is 29.3 Å². The molecule has 1 unspecified atom stereocenters. The predicted octanol–water partition coefficient (Wildman–Crippen LogP) is 1.76. The van der Waals surface area contributed by atoms with Gasteiger partial charge in [0.25, 0.3) is 0 Å². The number of likely N-dealkylation sites (tertiary alicyclic amines) is 1. The van der Waals surface area contributed by atoms with Crippen LogP contribution in [0.4, 0.5) is 0 Å². The number of hydrogen-bond donors (Lipinski definition) is 0. The number of likely N-dealkylation sites (N-methyl/N-ethyl adjacent to an activating group) is 1. The van der Waals surface area contributed by atoms with Crippen LogP contribution in [0.3, 0.4) is 0 Å². The maximum atomic E-state index is 12.0. The first kappa shape index (κ1) is 13.1. The summed E-state index contributed by atoms with van der Waals surface area (Å²) in [6, 6.07) is 6.85. The summed E-state index contributed by atoms with van der Waals surface area (Å²) in [5.41, 5.74) is 2.65. The summed E-state index contributed by atoms with van der Waals surface area (Å²) in [7, 11) is 3.89. The quantitative estimate of drug-likeness (QED) is 0.738. The fourth-order valence-corrected chi connectivity index (χ4v) is 4.66. The van der Waals surface area contributed by atoms with E-state index in [0.717, 1.165) is 25.1 Å². The van der Waals surface area contributed by atoms with Crippen LogP contribution in [0.1, 0.15) is 24.0 Å². The third kappa shape index (κ3) is 1.75. The van der Waals surface area contributed by atoms with Crippen molar-refractivity contribution in [2.24, 2.45) is 5.92 Å². The van der Waals surface area contributed by atoms with Crippen molar-refractivity contribution >= 4 is 5.97 Å². The van der Waals surface area contributed by atoms with Crippen LogP contribution < -0.4 is 4.74 Å². The number of cyclic esters (lactones) is 1. The van der Waals surface area contributed by atoms with Crippen LogP contribution in [0.25, 0.3) is 0 Å². The van der Waals surface area contributed by atoms with E-state index in [-0.39, 0.29) is 11.4 Å². The van der Waals surface area contributed by atoms with Crippen molar-refractivity contribution in [1.29, 1.82) is 0 Å². The number of carbonyl (C=O) groups is 1. The van der Waals surface area contributed by atoms with Crippen LogP contribution in [0, 0.1) is 5.92 Å². The Morgan fingerprint density at radius 3 is 3.10 bits per heavy atom. The minimum atomic E-state index is -0.0507. The Kier molecular flexibility index (Phi) is 2.80. The van der Waals surface area contributed by atoms with E-state index in [4.69, 9.17) is 9.47 Å². The first-order chi connectivity index (χ1) is 10.1. The molecule has 4 rings (SSSR count). The van der Waals surface area contributed by atoms with E-state index in [1.54, 1.807) is 7.11 Å². The Labute approximate surface area is 125 Å². The summed E-state index contributed by atoms with van der Waals surface area (Å²) in [5.74, 6) is 1.25. The standard InChI is InChI=1S/C17H21NO3/c1-18-6-5-17-9-16(19)21-10-14(17)15(18)7-11-3-4-12(20-2)8-13(11)17/h3-4,8,14-15H,5-7,9-10H2,1-2H3/t14-,15+,17?/m0/s1. The highest BCUT2D eigenvalue weighted by atomic mass is 16.5. The third-order valence-corrected chi connectivity index (χ3v) is 5.82. The summed E-state index contributed by atoms with van der Waals surface area (Å²) in [5, 5.41) is 0. The van der Waals surface area contributed by atoms with Crippen molar-refractivity contribution in [3.8, 4) is 5.75 Å². The van der Waals surface area contributed by atoms with Crippen molar-refractivity contribution < 1.29 is 14.3 Å². The van der Waals surface area contributed by atoms with Crippen LogP contribution in [0.15, 0.2) is 18.2 Å². The lowest BCUT2D eigenvalue weighted by atomic mass is 9.55. The molecule has 0 saturated carbocycles. The normalized spacial score (nSPS) is 34.7. The van der Waals surface area contributed by atoms with E-state index in [1.165, 1.54) is 11.1 Å². The van der Waals surface area contributed by atoms with Gasteiger partial charge in [-0.3, -0.25) is 4.79 Å². The third-order valence-electron chi connectivity index (χ3n) is 5.82. The number of piperidine rings is 1. The number of fused-ring (bicyclic) bond motifs is 1. The largest absolute Gasteiger partial charge is 0.497 e. The Hall–Kier alpha value is -1.55. The molecule has 1 aromatic rings. The minimum absolute atomic E-state index is 0.0470. The molecule has 0 amide bonds. The molecule has 2 fully saturated rings. The molecule has 21 heavy (non-hydrogen) atoms. The molecular weight excluding hydrogens is 266 g/mol. The smallest absolute Gasteiger partial charge is 0.306 e. The number of nitrogens with zero attached hydrogens (tertiary/aromatic N) is 1. The van der Waals surface area contributed by atoms with Gasteiger partial charge in [-0.05, 0) is 49.7 Å². The molecule has 0 spiro atoms. The number of benzene rings is 1. The van der Waals surface area contributed by atoms with Crippen LogP contribution in [-0.2, 0) is 21.4 Å². The Morgan fingerprint density at radius 1 is 1.43 bits per heavy atom. The van der Waals surface area contributed by atoms with E-state index in [1.807, 2.05) is 6.07 Å². The molecule has 2 bridgehead atoms. The highest BCUT2D eigenvalue weighted by Gasteiger charge is 2.56. The van der Waals surface area contributed by atoms with Gasteiger partial charge >= 0.3 is 5.97 Å².